The van der Waals surface area contributed by atoms with E-state index in [-0.39, 0.29) is 5.41 Å². The lowest BCUT2D eigenvalue weighted by Gasteiger charge is -2.19. The van der Waals surface area contributed by atoms with Crippen LogP contribution in [0, 0.1) is 13.8 Å². The van der Waals surface area contributed by atoms with Crippen LogP contribution in [0.3, 0.4) is 0 Å². The Morgan fingerprint density at radius 3 is 2.33 bits per heavy atom. The fourth-order valence-corrected chi connectivity index (χ4v) is 2.14. The van der Waals surface area contributed by atoms with E-state index in [2.05, 4.69) is 36.1 Å². The highest BCUT2D eigenvalue weighted by Crippen LogP contribution is 2.31. The van der Waals surface area contributed by atoms with Crippen LogP contribution in [-0.4, -0.2) is 9.97 Å². The average Bonchev–Trinajstić information content (AvgIpc) is 2.37. The molecule has 0 aliphatic heterocycles. The van der Waals surface area contributed by atoms with E-state index in [1.165, 1.54) is 0 Å². The van der Waals surface area contributed by atoms with E-state index in [4.69, 9.17) is 23.2 Å². The van der Waals surface area contributed by atoms with Gasteiger partial charge in [0, 0.05) is 11.0 Å². The van der Waals surface area contributed by atoms with Gasteiger partial charge in [-0.3, -0.25) is 0 Å². The van der Waals surface area contributed by atoms with Crippen molar-refractivity contribution >= 4 is 34.7 Å². The second-order valence-electron chi connectivity index (χ2n) is 6.17. The fourth-order valence-electron chi connectivity index (χ4n) is 1.81. The Labute approximate surface area is 135 Å². The van der Waals surface area contributed by atoms with Crippen molar-refractivity contribution in [2.75, 3.05) is 5.32 Å². The molecule has 0 unspecified atom stereocenters. The van der Waals surface area contributed by atoms with Crippen LogP contribution in [0.25, 0.3) is 0 Å². The first-order chi connectivity index (χ1) is 9.68. The summed E-state index contributed by atoms with van der Waals surface area (Å²) in [6.07, 6.45) is 0. The van der Waals surface area contributed by atoms with Gasteiger partial charge in [-0.1, -0.05) is 50.0 Å². The van der Waals surface area contributed by atoms with Crippen LogP contribution >= 0.6 is 23.2 Å². The molecule has 1 heterocycles. The lowest BCUT2D eigenvalue weighted by Crippen LogP contribution is -2.17. The van der Waals surface area contributed by atoms with Crippen molar-refractivity contribution in [3.8, 4) is 0 Å². The molecular formula is C16H19Cl2N3. The number of hydrogen-bond donors (Lipinski definition) is 1. The summed E-state index contributed by atoms with van der Waals surface area (Å²) in [7, 11) is 0. The minimum absolute atomic E-state index is 0.176. The summed E-state index contributed by atoms with van der Waals surface area (Å²) in [5.41, 5.74) is 2.57. The highest BCUT2D eigenvalue weighted by Gasteiger charge is 2.21. The van der Waals surface area contributed by atoms with Crippen molar-refractivity contribution < 1.29 is 0 Å². The van der Waals surface area contributed by atoms with Gasteiger partial charge in [-0.05, 0) is 31.5 Å². The number of halogens is 2. The summed E-state index contributed by atoms with van der Waals surface area (Å²) in [5, 5.41) is 4.37. The summed E-state index contributed by atoms with van der Waals surface area (Å²) in [6.45, 7) is 10.1. The van der Waals surface area contributed by atoms with Gasteiger partial charge in [0.1, 0.15) is 16.8 Å². The highest BCUT2D eigenvalue weighted by molar-refractivity contribution is 6.33. The Balaban J connectivity index is 2.49. The third-order valence-electron chi connectivity index (χ3n) is 3.13. The van der Waals surface area contributed by atoms with Crippen LogP contribution in [0.15, 0.2) is 18.2 Å². The number of anilines is 2. The topological polar surface area (TPSA) is 37.8 Å². The predicted octanol–water partition coefficient (Wildman–Crippen LogP) is 5.44. The maximum atomic E-state index is 6.24. The number of hydrogen-bond acceptors (Lipinski definition) is 3. The van der Waals surface area contributed by atoms with Crippen LogP contribution in [0.4, 0.5) is 11.5 Å². The molecule has 0 aliphatic carbocycles. The standard InChI is InChI=1S/C16H19Cl2N3/c1-9-6-7-11(17)12(8-9)19-14-10(2)13(18)20-15(21-14)16(3,4)5/h6-8H,1-5H3,(H,19,20,21). The third kappa shape index (κ3) is 3.66. The van der Waals surface area contributed by atoms with Gasteiger partial charge in [0.2, 0.25) is 0 Å². The zero-order valence-electron chi connectivity index (χ0n) is 12.9. The molecule has 1 aromatic heterocycles. The van der Waals surface area contributed by atoms with Crippen molar-refractivity contribution in [2.24, 2.45) is 0 Å². The van der Waals surface area contributed by atoms with Gasteiger partial charge >= 0.3 is 0 Å². The van der Waals surface area contributed by atoms with Crippen molar-refractivity contribution in [1.82, 2.24) is 9.97 Å². The molecule has 0 fully saturated rings. The molecule has 112 valence electrons. The number of rotatable bonds is 2. The van der Waals surface area contributed by atoms with Gasteiger partial charge in [-0.15, -0.1) is 0 Å². The maximum Gasteiger partial charge on any atom is 0.138 e. The van der Waals surface area contributed by atoms with Gasteiger partial charge in [-0.25, -0.2) is 9.97 Å². The van der Waals surface area contributed by atoms with E-state index >= 15 is 0 Å². The van der Waals surface area contributed by atoms with Crippen LogP contribution in [0.2, 0.25) is 10.2 Å². The van der Waals surface area contributed by atoms with E-state index in [0.29, 0.717) is 21.8 Å². The molecule has 0 amide bonds. The summed E-state index contributed by atoms with van der Waals surface area (Å²) in [4.78, 5) is 8.97. The summed E-state index contributed by atoms with van der Waals surface area (Å²) < 4.78 is 0. The molecule has 3 nitrogen and oxygen atoms in total. The van der Waals surface area contributed by atoms with Crippen LogP contribution < -0.4 is 5.32 Å². The number of nitrogens with zero attached hydrogens (tertiary/aromatic N) is 2. The largest absolute Gasteiger partial charge is 0.339 e. The van der Waals surface area contributed by atoms with E-state index < -0.39 is 0 Å². The van der Waals surface area contributed by atoms with E-state index in [0.717, 1.165) is 16.8 Å². The van der Waals surface area contributed by atoms with Crippen molar-refractivity contribution in [2.45, 2.75) is 40.0 Å². The molecular weight excluding hydrogens is 305 g/mol. The first-order valence-electron chi connectivity index (χ1n) is 6.76. The summed E-state index contributed by atoms with van der Waals surface area (Å²) >= 11 is 12.5. The molecule has 1 aromatic carbocycles. The third-order valence-corrected chi connectivity index (χ3v) is 3.83. The smallest absolute Gasteiger partial charge is 0.138 e. The zero-order chi connectivity index (χ0) is 15.8. The minimum atomic E-state index is -0.176. The molecule has 0 spiro atoms. The average molecular weight is 324 g/mol. The lowest BCUT2D eigenvalue weighted by atomic mass is 9.95. The first kappa shape index (κ1) is 16.1. The molecule has 0 saturated carbocycles. The zero-order valence-corrected chi connectivity index (χ0v) is 14.4. The number of nitrogens with one attached hydrogen (secondary N) is 1. The van der Waals surface area contributed by atoms with Crippen LogP contribution in [0.5, 0.6) is 0 Å². The molecule has 1 N–H and O–H groups in total. The molecule has 2 aromatic rings. The molecule has 0 atom stereocenters. The van der Waals surface area contributed by atoms with Gasteiger partial charge in [0.05, 0.1) is 10.7 Å². The minimum Gasteiger partial charge on any atom is -0.339 e. The quantitative estimate of drug-likeness (QED) is 0.747. The first-order valence-corrected chi connectivity index (χ1v) is 7.52. The van der Waals surface area contributed by atoms with Gasteiger partial charge in [-0.2, -0.15) is 0 Å². The van der Waals surface area contributed by atoms with Gasteiger partial charge in [0.15, 0.2) is 0 Å². The fraction of sp³-hybridized carbons (Fsp3) is 0.375. The number of benzene rings is 1. The van der Waals surface area contributed by atoms with Gasteiger partial charge in [0.25, 0.3) is 0 Å². The lowest BCUT2D eigenvalue weighted by molar-refractivity contribution is 0.545. The molecule has 0 aliphatic rings. The maximum absolute atomic E-state index is 6.24. The van der Waals surface area contributed by atoms with Gasteiger partial charge < -0.3 is 5.32 Å². The molecule has 0 saturated heterocycles. The summed E-state index contributed by atoms with van der Waals surface area (Å²) in [5.74, 6) is 1.39. The Hall–Kier alpha value is -1.32. The number of aromatic nitrogens is 2. The van der Waals surface area contributed by atoms with E-state index in [1.54, 1.807) is 0 Å². The second kappa shape index (κ2) is 5.82. The van der Waals surface area contributed by atoms with Crippen molar-refractivity contribution in [1.29, 1.82) is 0 Å². The normalized spacial score (nSPS) is 11.6. The van der Waals surface area contributed by atoms with Crippen molar-refractivity contribution in [3.63, 3.8) is 0 Å². The molecule has 0 radical (unpaired) electrons. The molecule has 21 heavy (non-hydrogen) atoms. The van der Waals surface area contributed by atoms with Crippen LogP contribution in [0.1, 0.15) is 37.7 Å². The Morgan fingerprint density at radius 1 is 1.05 bits per heavy atom. The molecule has 0 bridgehead atoms. The van der Waals surface area contributed by atoms with E-state index in [9.17, 15) is 0 Å². The monoisotopic (exact) mass is 323 g/mol. The number of aryl methyl sites for hydroxylation is 1. The van der Waals surface area contributed by atoms with Crippen LogP contribution in [-0.2, 0) is 5.41 Å². The predicted molar refractivity (Wildman–Crippen MR) is 90.0 cm³/mol. The molecule has 5 heteroatoms. The SMILES string of the molecule is Cc1ccc(Cl)c(Nc2nc(C(C)(C)C)nc(Cl)c2C)c1. The van der Waals surface area contributed by atoms with E-state index in [1.807, 2.05) is 32.0 Å². The highest BCUT2D eigenvalue weighted by atomic mass is 35.5. The Morgan fingerprint density at radius 2 is 1.71 bits per heavy atom. The summed E-state index contributed by atoms with van der Waals surface area (Å²) in [6, 6.07) is 5.81. The second-order valence-corrected chi connectivity index (χ2v) is 6.94. The Bertz CT molecular complexity index is 676. The molecule has 2 rings (SSSR count). The van der Waals surface area contributed by atoms with Crippen molar-refractivity contribution in [3.05, 3.63) is 45.3 Å². The Kier molecular flexibility index (Phi) is 4.45.